The van der Waals surface area contributed by atoms with Crippen LogP contribution in [0.15, 0.2) is 0 Å². The fraction of sp³-hybridized carbons (Fsp3) is 0.857. The minimum Gasteiger partial charge on any atom is -0.340 e. The molecule has 110 valence electrons. The molecule has 1 saturated heterocycles. The Labute approximate surface area is 120 Å². The molecule has 0 saturated carbocycles. The van der Waals surface area contributed by atoms with Crippen molar-refractivity contribution in [2.45, 2.75) is 58.5 Å². The smallest absolute Gasteiger partial charge is 0.248 e. The van der Waals surface area contributed by atoms with Gasteiger partial charge < -0.3 is 10.2 Å². The van der Waals surface area contributed by atoms with Gasteiger partial charge in [-0.15, -0.1) is 0 Å². The maximum Gasteiger partial charge on any atom is 0.248 e. The Hall–Kier alpha value is -0.710. The molecule has 19 heavy (non-hydrogen) atoms. The molecule has 1 rings (SSSR count). The number of rotatable bonds is 6. The average molecular weight is 286 g/mol. The largest absolute Gasteiger partial charge is 0.340 e. The second kappa shape index (κ2) is 6.16. The van der Waals surface area contributed by atoms with Crippen LogP contribution in [0, 0.1) is 0 Å². The van der Waals surface area contributed by atoms with Crippen molar-refractivity contribution < 1.29 is 9.59 Å². The standard InChI is InChI=1S/C14H26N2O2S/c1-6-14(7-2)11(17)15-13(4,5)12(18)16(14)9-10-19-8-3/h6-10H2,1-5H3,(H,15,17). The maximum atomic E-state index is 12.6. The summed E-state index contributed by atoms with van der Waals surface area (Å²) in [5, 5.41) is 2.88. The Morgan fingerprint density at radius 3 is 2.21 bits per heavy atom. The van der Waals surface area contributed by atoms with E-state index in [-0.39, 0.29) is 11.8 Å². The second-order valence-corrected chi connectivity index (χ2v) is 6.87. The summed E-state index contributed by atoms with van der Waals surface area (Å²) in [6.45, 7) is 10.3. The first-order valence-corrected chi connectivity index (χ1v) is 8.23. The van der Waals surface area contributed by atoms with Crippen LogP contribution in [0.5, 0.6) is 0 Å². The van der Waals surface area contributed by atoms with Crippen LogP contribution in [-0.2, 0) is 9.59 Å². The summed E-state index contributed by atoms with van der Waals surface area (Å²) in [5.41, 5.74) is -1.46. The summed E-state index contributed by atoms with van der Waals surface area (Å²) in [5.74, 6) is 1.94. The molecular formula is C14H26N2O2S. The first-order chi connectivity index (χ1) is 8.85. The minimum absolute atomic E-state index is 0.0106. The lowest BCUT2D eigenvalue weighted by Crippen LogP contribution is -2.74. The van der Waals surface area contributed by atoms with Gasteiger partial charge >= 0.3 is 0 Å². The van der Waals surface area contributed by atoms with Gasteiger partial charge in [-0.05, 0) is 32.4 Å². The molecule has 1 aliphatic heterocycles. The van der Waals surface area contributed by atoms with Crippen molar-refractivity contribution in [3.8, 4) is 0 Å². The number of carbonyl (C=O) groups excluding carboxylic acids is 2. The summed E-state index contributed by atoms with van der Waals surface area (Å²) in [6.07, 6.45) is 1.32. The highest BCUT2D eigenvalue weighted by Gasteiger charge is 2.52. The number of amides is 2. The summed E-state index contributed by atoms with van der Waals surface area (Å²) >= 11 is 1.80. The van der Waals surface area contributed by atoms with Crippen molar-refractivity contribution in [1.82, 2.24) is 10.2 Å². The van der Waals surface area contributed by atoms with Crippen LogP contribution in [0.25, 0.3) is 0 Å². The SMILES string of the molecule is CCSCCN1C(=O)C(C)(C)NC(=O)C1(CC)CC. The van der Waals surface area contributed by atoms with E-state index in [4.69, 9.17) is 0 Å². The summed E-state index contributed by atoms with van der Waals surface area (Å²) in [7, 11) is 0. The highest BCUT2D eigenvalue weighted by atomic mass is 32.2. The van der Waals surface area contributed by atoms with E-state index >= 15 is 0 Å². The Kier molecular flexibility index (Phi) is 5.30. The van der Waals surface area contributed by atoms with Crippen LogP contribution in [-0.4, -0.2) is 45.8 Å². The summed E-state index contributed by atoms with van der Waals surface area (Å²) in [4.78, 5) is 26.9. The number of nitrogens with zero attached hydrogens (tertiary/aromatic N) is 1. The number of hydrogen-bond acceptors (Lipinski definition) is 3. The molecule has 0 bridgehead atoms. The van der Waals surface area contributed by atoms with Crippen LogP contribution in [0.3, 0.4) is 0 Å². The molecule has 5 heteroatoms. The molecule has 1 heterocycles. The second-order valence-electron chi connectivity index (χ2n) is 5.47. The van der Waals surface area contributed by atoms with E-state index < -0.39 is 11.1 Å². The Morgan fingerprint density at radius 2 is 1.74 bits per heavy atom. The van der Waals surface area contributed by atoms with Crippen molar-refractivity contribution in [2.75, 3.05) is 18.1 Å². The maximum absolute atomic E-state index is 12.6. The Balaban J connectivity index is 3.05. The zero-order valence-electron chi connectivity index (χ0n) is 12.7. The van der Waals surface area contributed by atoms with Crippen LogP contribution < -0.4 is 5.32 Å². The molecule has 1 fully saturated rings. The van der Waals surface area contributed by atoms with E-state index in [1.54, 1.807) is 25.6 Å². The van der Waals surface area contributed by atoms with Crippen molar-refractivity contribution in [3.63, 3.8) is 0 Å². The van der Waals surface area contributed by atoms with Gasteiger partial charge in [0.15, 0.2) is 0 Å². The van der Waals surface area contributed by atoms with Gasteiger partial charge in [0.2, 0.25) is 11.8 Å². The van der Waals surface area contributed by atoms with Gasteiger partial charge in [-0.2, -0.15) is 11.8 Å². The molecule has 0 aliphatic carbocycles. The molecule has 0 atom stereocenters. The van der Waals surface area contributed by atoms with E-state index in [0.717, 1.165) is 11.5 Å². The number of hydrogen-bond donors (Lipinski definition) is 1. The zero-order valence-corrected chi connectivity index (χ0v) is 13.5. The number of piperazine rings is 1. The molecule has 0 aromatic carbocycles. The van der Waals surface area contributed by atoms with Crippen molar-refractivity contribution in [2.24, 2.45) is 0 Å². The molecule has 1 N–H and O–H groups in total. The highest BCUT2D eigenvalue weighted by Crippen LogP contribution is 2.32. The zero-order chi connectivity index (χ0) is 14.7. The third kappa shape index (κ3) is 2.91. The molecule has 4 nitrogen and oxygen atoms in total. The summed E-state index contributed by atoms with van der Waals surface area (Å²) in [6, 6.07) is 0. The van der Waals surface area contributed by atoms with Crippen LogP contribution >= 0.6 is 11.8 Å². The van der Waals surface area contributed by atoms with Crippen molar-refractivity contribution in [3.05, 3.63) is 0 Å². The van der Waals surface area contributed by atoms with Crippen molar-refractivity contribution >= 4 is 23.6 Å². The lowest BCUT2D eigenvalue weighted by Gasteiger charge is -2.50. The molecule has 2 amide bonds. The Morgan fingerprint density at radius 1 is 1.16 bits per heavy atom. The van der Waals surface area contributed by atoms with E-state index in [9.17, 15) is 9.59 Å². The third-order valence-electron chi connectivity index (χ3n) is 3.98. The first kappa shape index (κ1) is 16.3. The van der Waals surface area contributed by atoms with Crippen LogP contribution in [0.4, 0.5) is 0 Å². The number of carbonyl (C=O) groups is 2. The fourth-order valence-corrected chi connectivity index (χ4v) is 3.28. The number of nitrogens with one attached hydrogen (secondary N) is 1. The van der Waals surface area contributed by atoms with E-state index in [2.05, 4.69) is 12.2 Å². The lowest BCUT2D eigenvalue weighted by molar-refractivity contribution is -0.162. The molecule has 0 radical (unpaired) electrons. The van der Waals surface area contributed by atoms with Gasteiger partial charge in [-0.1, -0.05) is 20.8 Å². The third-order valence-corrected chi connectivity index (χ3v) is 4.86. The van der Waals surface area contributed by atoms with Crippen LogP contribution in [0.2, 0.25) is 0 Å². The van der Waals surface area contributed by atoms with Gasteiger partial charge in [0.25, 0.3) is 0 Å². The minimum atomic E-state index is -0.790. The van der Waals surface area contributed by atoms with Crippen molar-refractivity contribution in [1.29, 1.82) is 0 Å². The molecule has 0 aromatic rings. The Bertz CT molecular complexity index is 351. The number of thioether (sulfide) groups is 1. The lowest BCUT2D eigenvalue weighted by atomic mass is 9.83. The predicted octanol–water partition coefficient (Wildman–Crippen LogP) is 2.04. The normalized spacial score (nSPS) is 21.4. The molecule has 0 unspecified atom stereocenters. The van der Waals surface area contributed by atoms with Crippen LogP contribution in [0.1, 0.15) is 47.5 Å². The molecule has 0 spiro atoms. The fourth-order valence-electron chi connectivity index (χ4n) is 2.68. The monoisotopic (exact) mass is 286 g/mol. The predicted molar refractivity (Wildman–Crippen MR) is 80.2 cm³/mol. The quantitative estimate of drug-likeness (QED) is 0.760. The average Bonchev–Trinajstić information content (AvgIpc) is 2.36. The van der Waals surface area contributed by atoms with E-state index in [1.165, 1.54) is 0 Å². The van der Waals surface area contributed by atoms with Gasteiger partial charge in [0.1, 0.15) is 11.1 Å². The molecule has 0 aromatic heterocycles. The molecular weight excluding hydrogens is 260 g/mol. The first-order valence-electron chi connectivity index (χ1n) is 7.08. The van der Waals surface area contributed by atoms with E-state index in [0.29, 0.717) is 19.4 Å². The topological polar surface area (TPSA) is 49.4 Å². The van der Waals surface area contributed by atoms with E-state index in [1.807, 2.05) is 18.7 Å². The highest BCUT2D eigenvalue weighted by molar-refractivity contribution is 7.99. The van der Waals surface area contributed by atoms with Gasteiger partial charge in [-0.3, -0.25) is 9.59 Å². The molecule has 1 aliphatic rings. The summed E-state index contributed by atoms with van der Waals surface area (Å²) < 4.78 is 0. The van der Waals surface area contributed by atoms with Gasteiger partial charge in [-0.25, -0.2) is 0 Å². The van der Waals surface area contributed by atoms with Gasteiger partial charge in [0.05, 0.1) is 0 Å². The van der Waals surface area contributed by atoms with Gasteiger partial charge in [0, 0.05) is 12.3 Å².